The van der Waals surface area contributed by atoms with Crippen molar-refractivity contribution < 1.29 is 33.3 Å². The molecule has 37 heavy (non-hydrogen) atoms. The first-order valence-electron chi connectivity index (χ1n) is 11.3. The molecule has 9 nitrogen and oxygen atoms in total. The van der Waals surface area contributed by atoms with Crippen molar-refractivity contribution in [3.8, 4) is 34.1 Å². The van der Waals surface area contributed by atoms with Crippen LogP contribution in [0.25, 0.3) is 33.1 Å². The lowest BCUT2D eigenvalue weighted by molar-refractivity contribution is -0.135. The maximum atomic E-state index is 13.5. The van der Waals surface area contributed by atoms with Gasteiger partial charge in [0.15, 0.2) is 5.43 Å². The fourth-order valence-corrected chi connectivity index (χ4v) is 4.73. The number of hydrogen-bond donors (Lipinski definition) is 2. The third-order valence-electron chi connectivity index (χ3n) is 6.53. The van der Waals surface area contributed by atoms with Gasteiger partial charge in [-0.05, 0) is 35.9 Å². The molecule has 0 radical (unpaired) electrons. The standard InChI is InChI=1S/C28H18O9/c1-34-15-6-7-21-17(8-15)26(32)19(12-35-21)16-9-23(31)37-22-10-20(30)25-27(33)18(11-36-28(25)24(16)22)13-2-4-14(29)5-3-13/h2-8,10-12,16,29-30H,9H2,1H3/t16-/m1/s1. The molecule has 6 rings (SSSR count). The van der Waals surface area contributed by atoms with Crippen molar-refractivity contribution in [2.24, 2.45) is 0 Å². The SMILES string of the molecule is COc1ccc2occ([C@H]3CC(=O)Oc4cc(O)c5c(=O)c(-c6ccc(O)cc6)coc5c43)c(=O)c2c1. The topological polar surface area (TPSA) is 136 Å². The monoisotopic (exact) mass is 498 g/mol. The molecule has 2 N–H and O–H groups in total. The Morgan fingerprint density at radius 2 is 1.70 bits per heavy atom. The highest BCUT2D eigenvalue weighted by Gasteiger charge is 2.35. The molecule has 3 aromatic carbocycles. The number of aromatic hydroxyl groups is 2. The molecule has 1 aliphatic heterocycles. The Labute approximate surface area is 207 Å². The lowest BCUT2D eigenvalue weighted by atomic mass is 9.85. The van der Waals surface area contributed by atoms with Gasteiger partial charge in [-0.2, -0.15) is 0 Å². The van der Waals surface area contributed by atoms with Crippen LogP contribution in [0.1, 0.15) is 23.5 Å². The average Bonchev–Trinajstić information content (AvgIpc) is 2.89. The number of ether oxygens (including phenoxy) is 2. The summed E-state index contributed by atoms with van der Waals surface area (Å²) < 4.78 is 22.2. The number of benzene rings is 3. The van der Waals surface area contributed by atoms with E-state index in [1.807, 2.05) is 0 Å². The Hall–Kier alpha value is -5.05. The normalized spacial score (nSPS) is 14.9. The van der Waals surface area contributed by atoms with E-state index in [1.165, 1.54) is 37.8 Å². The molecule has 1 atom stereocenters. The predicted octanol–water partition coefficient (Wildman–Crippen LogP) is 4.43. The number of carbonyl (C=O) groups is 1. The summed E-state index contributed by atoms with van der Waals surface area (Å²) in [5.74, 6) is -1.45. The Balaban J connectivity index is 1.61. The van der Waals surface area contributed by atoms with Gasteiger partial charge in [0.25, 0.3) is 0 Å². The zero-order chi connectivity index (χ0) is 25.8. The van der Waals surface area contributed by atoms with Crippen LogP contribution in [-0.2, 0) is 4.79 Å². The van der Waals surface area contributed by atoms with Crippen LogP contribution in [-0.4, -0.2) is 23.3 Å². The van der Waals surface area contributed by atoms with Gasteiger partial charge in [0.2, 0.25) is 5.43 Å². The molecule has 9 heteroatoms. The molecule has 0 unspecified atom stereocenters. The number of fused-ring (bicyclic) bond motifs is 4. The zero-order valence-electron chi connectivity index (χ0n) is 19.3. The summed E-state index contributed by atoms with van der Waals surface area (Å²) in [5, 5.41) is 20.4. The van der Waals surface area contributed by atoms with Crippen molar-refractivity contribution in [3.63, 3.8) is 0 Å². The summed E-state index contributed by atoms with van der Waals surface area (Å²) in [6.45, 7) is 0. The van der Waals surface area contributed by atoms with Crippen LogP contribution in [0.5, 0.6) is 23.0 Å². The molecule has 3 heterocycles. The van der Waals surface area contributed by atoms with Crippen LogP contribution in [0.2, 0.25) is 0 Å². The zero-order valence-corrected chi connectivity index (χ0v) is 19.3. The van der Waals surface area contributed by atoms with Gasteiger partial charge in [-0.3, -0.25) is 14.4 Å². The van der Waals surface area contributed by atoms with Crippen molar-refractivity contribution in [3.05, 3.63) is 92.6 Å². The third-order valence-corrected chi connectivity index (χ3v) is 6.53. The summed E-state index contributed by atoms with van der Waals surface area (Å²) in [5.41, 5.74) is 0.488. The maximum absolute atomic E-state index is 13.5. The average molecular weight is 498 g/mol. The molecular formula is C28H18O9. The summed E-state index contributed by atoms with van der Waals surface area (Å²) in [6.07, 6.45) is 2.31. The lowest BCUT2D eigenvalue weighted by Crippen LogP contribution is -2.25. The summed E-state index contributed by atoms with van der Waals surface area (Å²) in [7, 11) is 1.48. The van der Waals surface area contributed by atoms with E-state index in [-0.39, 0.29) is 56.4 Å². The molecule has 1 aliphatic rings. The number of methoxy groups -OCH3 is 1. The first-order valence-corrected chi connectivity index (χ1v) is 11.3. The van der Waals surface area contributed by atoms with E-state index in [2.05, 4.69) is 0 Å². The second-order valence-corrected chi connectivity index (χ2v) is 8.65. The summed E-state index contributed by atoms with van der Waals surface area (Å²) in [6, 6.07) is 11.9. The summed E-state index contributed by atoms with van der Waals surface area (Å²) in [4.78, 5) is 39.5. The maximum Gasteiger partial charge on any atom is 0.312 e. The van der Waals surface area contributed by atoms with E-state index in [4.69, 9.17) is 18.3 Å². The third kappa shape index (κ3) is 3.51. The molecule has 0 saturated heterocycles. The van der Waals surface area contributed by atoms with Crippen molar-refractivity contribution >= 4 is 27.9 Å². The molecule has 0 spiro atoms. The number of phenols is 2. The first kappa shape index (κ1) is 22.4. The fourth-order valence-electron chi connectivity index (χ4n) is 4.73. The number of hydrogen-bond acceptors (Lipinski definition) is 9. The molecule has 0 saturated carbocycles. The van der Waals surface area contributed by atoms with Gasteiger partial charge >= 0.3 is 5.97 Å². The largest absolute Gasteiger partial charge is 0.508 e. The van der Waals surface area contributed by atoms with Crippen molar-refractivity contribution in [2.45, 2.75) is 12.3 Å². The van der Waals surface area contributed by atoms with E-state index in [9.17, 15) is 24.6 Å². The van der Waals surface area contributed by atoms with Gasteiger partial charge in [-0.15, -0.1) is 0 Å². The Bertz CT molecular complexity index is 1850. The van der Waals surface area contributed by atoms with Crippen LogP contribution in [0.4, 0.5) is 0 Å². The second kappa shape index (κ2) is 8.27. The van der Waals surface area contributed by atoms with Crippen LogP contribution >= 0.6 is 0 Å². The van der Waals surface area contributed by atoms with Gasteiger partial charge in [0.1, 0.15) is 45.8 Å². The fraction of sp³-hybridized carbons (Fsp3) is 0.107. The quantitative estimate of drug-likeness (QED) is 0.273. The highest BCUT2D eigenvalue weighted by atomic mass is 16.5. The van der Waals surface area contributed by atoms with E-state index >= 15 is 0 Å². The van der Waals surface area contributed by atoms with Crippen molar-refractivity contribution in [1.29, 1.82) is 0 Å². The van der Waals surface area contributed by atoms with Gasteiger partial charge in [0, 0.05) is 23.1 Å². The Kier molecular flexibility index (Phi) is 5.01. The second-order valence-electron chi connectivity index (χ2n) is 8.65. The van der Waals surface area contributed by atoms with E-state index < -0.39 is 23.1 Å². The molecule has 0 amide bonds. The van der Waals surface area contributed by atoms with Crippen LogP contribution in [0, 0.1) is 0 Å². The molecule has 0 aliphatic carbocycles. The van der Waals surface area contributed by atoms with Crippen molar-refractivity contribution in [1.82, 2.24) is 0 Å². The number of rotatable bonds is 3. The van der Waals surface area contributed by atoms with Crippen molar-refractivity contribution in [2.75, 3.05) is 7.11 Å². The lowest BCUT2D eigenvalue weighted by Gasteiger charge is -2.25. The number of carbonyl (C=O) groups excluding carboxylic acids is 1. The minimum atomic E-state index is -0.867. The van der Waals surface area contributed by atoms with Crippen LogP contribution in [0.15, 0.2) is 79.5 Å². The van der Waals surface area contributed by atoms with E-state index in [1.54, 1.807) is 30.3 Å². The van der Waals surface area contributed by atoms with Gasteiger partial charge in [0.05, 0.1) is 30.7 Å². The molecule has 184 valence electrons. The van der Waals surface area contributed by atoms with E-state index in [0.717, 1.165) is 0 Å². The smallest absolute Gasteiger partial charge is 0.312 e. The minimum absolute atomic E-state index is 0.00910. The van der Waals surface area contributed by atoms with Crippen LogP contribution in [0.3, 0.4) is 0 Å². The summed E-state index contributed by atoms with van der Waals surface area (Å²) >= 11 is 0. The van der Waals surface area contributed by atoms with Gasteiger partial charge < -0.3 is 28.5 Å². The minimum Gasteiger partial charge on any atom is -0.508 e. The Morgan fingerprint density at radius 3 is 2.46 bits per heavy atom. The molecule has 5 aromatic rings. The number of phenolic OH excluding ortho intramolecular Hbond substituents is 2. The van der Waals surface area contributed by atoms with Gasteiger partial charge in [-0.25, -0.2) is 0 Å². The highest BCUT2D eigenvalue weighted by molar-refractivity contribution is 5.94. The molecule has 2 aromatic heterocycles. The number of esters is 1. The van der Waals surface area contributed by atoms with Gasteiger partial charge in [-0.1, -0.05) is 12.1 Å². The predicted molar refractivity (Wildman–Crippen MR) is 132 cm³/mol. The highest BCUT2D eigenvalue weighted by Crippen LogP contribution is 2.45. The Morgan fingerprint density at radius 1 is 0.919 bits per heavy atom. The molecular weight excluding hydrogens is 480 g/mol. The van der Waals surface area contributed by atoms with E-state index in [0.29, 0.717) is 16.9 Å². The first-order chi connectivity index (χ1) is 17.9. The van der Waals surface area contributed by atoms with Crippen LogP contribution < -0.4 is 20.3 Å². The molecule has 0 bridgehead atoms. The molecule has 0 fully saturated rings.